The summed E-state index contributed by atoms with van der Waals surface area (Å²) in [6, 6.07) is 0. The van der Waals surface area contributed by atoms with Crippen molar-refractivity contribution >= 4 is 109 Å². The van der Waals surface area contributed by atoms with Crippen molar-refractivity contribution in [1.82, 2.24) is 0 Å². The maximum absolute atomic E-state index is 1.01. The highest BCUT2D eigenvalue weighted by molar-refractivity contribution is 8.10. The Morgan fingerprint density at radius 1 is 0.385 bits per heavy atom. The third-order valence-corrected chi connectivity index (χ3v) is 351. The molecule has 0 N–H and O–H groups in total. The summed E-state index contributed by atoms with van der Waals surface area (Å²) in [7, 11) is 11.8. The van der Waals surface area contributed by atoms with Gasteiger partial charge in [0, 0.05) is 0 Å². The molecule has 0 radical (unpaired) electrons. The van der Waals surface area contributed by atoms with Crippen molar-refractivity contribution < 1.29 is 0 Å². The molecule has 0 nitrogen and oxygen atoms in total. The molecule has 2 saturated heterocycles. The third-order valence-electron chi connectivity index (χ3n) is 4.33. The molecule has 0 saturated carbocycles. The van der Waals surface area contributed by atoms with Gasteiger partial charge in [-0.25, -0.2) is 0 Å². The molecule has 2 rings (SSSR count). The maximum atomic E-state index is 1.01. The van der Waals surface area contributed by atoms with Gasteiger partial charge in [0.2, 0.25) is 0 Å². The molecule has 76 valence electrons. The molecular formula is H24Si13. The fourth-order valence-corrected chi connectivity index (χ4v) is 840. The summed E-state index contributed by atoms with van der Waals surface area (Å²) in [6.45, 7) is 0. The van der Waals surface area contributed by atoms with E-state index in [1.807, 2.05) is 0 Å². The van der Waals surface area contributed by atoms with Gasteiger partial charge >= 0.3 is 0 Å². The lowest BCUT2D eigenvalue weighted by atomic mass is 25.8. The Kier molecular flexibility index (Phi) is 6.17. The van der Waals surface area contributed by atoms with Crippen molar-refractivity contribution in [2.24, 2.45) is 0 Å². The van der Waals surface area contributed by atoms with Crippen LogP contribution in [0.4, 0.5) is 0 Å². The van der Waals surface area contributed by atoms with E-state index in [9.17, 15) is 0 Å². The second-order valence-electron chi connectivity index (χ2n) is 5.33. The van der Waals surface area contributed by atoms with Gasteiger partial charge in [0.05, 0.1) is 0 Å². The summed E-state index contributed by atoms with van der Waals surface area (Å²) in [5, 5.41) is 0. The summed E-state index contributed by atoms with van der Waals surface area (Å²) >= 11 is 0. The standard InChI is InChI=1S/H24Si13/c1-2-6-10-13(9-5-1)11-7-3-4-8-12-13/h1-12H2. The molecule has 13 heteroatoms. The summed E-state index contributed by atoms with van der Waals surface area (Å²) in [5.41, 5.74) is 0. The summed E-state index contributed by atoms with van der Waals surface area (Å²) < 4.78 is 0. The van der Waals surface area contributed by atoms with Gasteiger partial charge in [-0.05, 0) is 109 Å². The van der Waals surface area contributed by atoms with E-state index in [2.05, 4.69) is 0 Å². The van der Waals surface area contributed by atoms with Gasteiger partial charge in [0.25, 0.3) is 0 Å². The summed E-state index contributed by atoms with van der Waals surface area (Å²) in [5.74, 6) is 0. The van der Waals surface area contributed by atoms with Crippen LogP contribution in [0.3, 0.4) is 0 Å². The van der Waals surface area contributed by atoms with Crippen LogP contribution in [0.15, 0.2) is 0 Å². The van der Waals surface area contributed by atoms with Crippen molar-refractivity contribution in [3.63, 3.8) is 0 Å². The lowest BCUT2D eigenvalue weighted by molar-refractivity contribution is 3.48. The Balaban J connectivity index is 1.97. The van der Waals surface area contributed by atoms with Gasteiger partial charge < -0.3 is 0 Å². The van der Waals surface area contributed by atoms with Crippen LogP contribution >= 0.6 is 0 Å². The Hall–Kier alpha value is 2.82. The zero-order valence-electron chi connectivity index (χ0n) is 8.99. The van der Waals surface area contributed by atoms with Crippen molar-refractivity contribution in [3.8, 4) is 0 Å². The van der Waals surface area contributed by atoms with Crippen molar-refractivity contribution in [2.45, 2.75) is 0 Å². The smallest absolute Gasteiger partial charge is 0.00481 e. The van der Waals surface area contributed by atoms with Gasteiger partial charge in [-0.3, -0.25) is 0 Å². The van der Waals surface area contributed by atoms with E-state index < -0.39 is 0 Å². The van der Waals surface area contributed by atoms with E-state index in [1.165, 1.54) is 0 Å². The molecule has 13 heavy (non-hydrogen) atoms. The van der Waals surface area contributed by atoms with E-state index in [1.54, 1.807) is 0 Å². The van der Waals surface area contributed by atoms with Crippen molar-refractivity contribution in [3.05, 3.63) is 0 Å². The van der Waals surface area contributed by atoms with E-state index in [0.717, 1.165) is 103 Å². The number of hydrogen-bond donors (Lipinski definition) is 0. The van der Waals surface area contributed by atoms with E-state index >= 15 is 0 Å². The van der Waals surface area contributed by atoms with Crippen LogP contribution < -0.4 is 0 Å². The molecule has 0 bridgehead atoms. The second-order valence-corrected chi connectivity index (χ2v) is 144. The van der Waals surface area contributed by atoms with Crippen molar-refractivity contribution in [2.75, 3.05) is 0 Å². The number of rotatable bonds is 0. The zero-order chi connectivity index (χ0) is 8.99. The van der Waals surface area contributed by atoms with E-state index in [4.69, 9.17) is 0 Å². The molecule has 0 aromatic heterocycles. The Morgan fingerprint density at radius 3 is 1.00 bits per heavy atom. The molecule has 2 fully saturated rings. The minimum absolute atomic E-state index is 0.271. The van der Waals surface area contributed by atoms with Gasteiger partial charge in [0.15, 0.2) is 0 Å². The van der Waals surface area contributed by atoms with Gasteiger partial charge in [-0.2, -0.15) is 0 Å². The molecule has 2 aliphatic rings. The lowest BCUT2D eigenvalue weighted by Crippen LogP contribution is -2.65. The SMILES string of the molecule is [SiH2]1[SiH2][SiH2][SiH2][Si]2([SiH2][SiH2]1)[SiH2][SiH2][SiH2][SiH2][SiH2][SiH2]2. The second kappa shape index (κ2) is 6.53. The summed E-state index contributed by atoms with van der Waals surface area (Å²) in [6.07, 6.45) is 0.271. The highest BCUT2D eigenvalue weighted by Gasteiger charge is 2.34. The topological polar surface area (TPSA) is 0 Å². The van der Waals surface area contributed by atoms with Crippen LogP contribution in [-0.2, 0) is 0 Å². The largest absolute Gasteiger partial charge is 0.00934 e. The zero-order valence-corrected chi connectivity index (χ0v) is 27.0. The molecule has 1 spiro atoms. The van der Waals surface area contributed by atoms with Crippen LogP contribution in [0.2, 0.25) is 0 Å². The van der Waals surface area contributed by atoms with Crippen molar-refractivity contribution in [1.29, 1.82) is 0 Å². The van der Waals surface area contributed by atoms with Crippen LogP contribution in [0.1, 0.15) is 0 Å². The first-order valence-corrected chi connectivity index (χ1v) is 57.7. The van der Waals surface area contributed by atoms with E-state index in [-0.39, 0.29) is 6.14 Å². The fourth-order valence-electron chi connectivity index (χ4n) is 3.46. The highest BCUT2D eigenvalue weighted by Crippen LogP contribution is 1.97. The predicted molar refractivity (Wildman–Crippen MR) is 108 cm³/mol. The monoisotopic (exact) mass is 388 g/mol. The molecular weight excluding hydrogens is 365 g/mol. The van der Waals surface area contributed by atoms with Crippen LogP contribution in [0.25, 0.3) is 0 Å². The average Bonchev–Trinajstić information content (AvgIpc) is 2.50. The Bertz CT molecular complexity index is 111. The maximum Gasteiger partial charge on any atom is -0.00481 e. The minimum Gasteiger partial charge on any atom is -0.00934 e. The molecule has 0 unspecified atom stereocenters. The molecule has 0 aromatic rings. The Morgan fingerprint density at radius 2 is 0.692 bits per heavy atom. The third kappa shape index (κ3) is 3.95. The first-order chi connectivity index (χ1) is 6.41. The van der Waals surface area contributed by atoms with Gasteiger partial charge in [-0.1, -0.05) is 0 Å². The van der Waals surface area contributed by atoms with Gasteiger partial charge in [0.1, 0.15) is 0 Å². The predicted octanol–water partition coefficient (Wildman–Crippen LogP) is -11.4. The minimum atomic E-state index is 0.271. The molecule has 0 aliphatic carbocycles. The Labute approximate surface area is 108 Å². The van der Waals surface area contributed by atoms with E-state index in [0.29, 0.717) is 0 Å². The van der Waals surface area contributed by atoms with Crippen LogP contribution in [0.5, 0.6) is 0 Å². The fraction of sp³-hybridized carbons (Fsp3) is 0. The lowest BCUT2D eigenvalue weighted by Gasteiger charge is -2.28. The first kappa shape index (κ1) is 12.3. The molecule has 2 heterocycles. The molecule has 0 aromatic carbocycles. The molecule has 0 amide bonds. The number of hydrogen-bond acceptors (Lipinski definition) is 0. The van der Waals surface area contributed by atoms with Crippen LogP contribution in [-0.4, -0.2) is 109 Å². The quantitative estimate of drug-likeness (QED) is 0.361. The average molecular weight is 389 g/mol. The van der Waals surface area contributed by atoms with Crippen LogP contribution in [0, 0.1) is 0 Å². The highest BCUT2D eigenvalue weighted by atomic mass is 30.4. The molecule has 0 atom stereocenters. The first-order valence-electron chi connectivity index (χ1n) is 6.41. The normalized spacial score (nSPS) is 59.1. The summed E-state index contributed by atoms with van der Waals surface area (Å²) in [4.78, 5) is 0. The van der Waals surface area contributed by atoms with Gasteiger partial charge in [-0.15, -0.1) is 0 Å². The molecule has 2 aliphatic heterocycles.